The minimum atomic E-state index is 0. The monoisotopic (exact) mass is 210 g/mol. The molecule has 0 spiro atoms. The molecule has 0 aromatic carbocycles. The molecule has 0 fully saturated rings. The summed E-state index contributed by atoms with van der Waals surface area (Å²) >= 11 is 0. The van der Waals surface area contributed by atoms with Gasteiger partial charge in [-0.2, -0.15) is 0 Å². The van der Waals surface area contributed by atoms with Crippen LogP contribution in [-0.2, 0) is 0 Å². The molecule has 0 aliphatic rings. The lowest BCUT2D eigenvalue weighted by molar-refractivity contribution is -0.870. The van der Waals surface area contributed by atoms with Crippen molar-refractivity contribution in [2.45, 2.75) is 19.8 Å². The molecule has 0 heterocycles. The Hall–Kier alpha value is -0.160. The largest absolute Gasteiger partial charge is 0.870 e. The van der Waals surface area contributed by atoms with Gasteiger partial charge in [0.05, 0.1) is 48.8 Å². The van der Waals surface area contributed by atoms with Crippen molar-refractivity contribution < 1.29 is 20.3 Å². The summed E-state index contributed by atoms with van der Waals surface area (Å²) in [5.41, 5.74) is 0. The molecular weight excluding hydrogens is 180 g/mol. The van der Waals surface area contributed by atoms with Gasteiger partial charge in [-0.15, -0.1) is 0 Å². The van der Waals surface area contributed by atoms with Crippen molar-refractivity contribution in [1.82, 2.24) is 0 Å². The van der Waals surface area contributed by atoms with Crippen LogP contribution in [-0.4, -0.2) is 64.3 Å². The highest BCUT2D eigenvalue weighted by atomic mass is 16.0. The first-order valence-corrected chi connectivity index (χ1v) is 4.86. The van der Waals surface area contributed by atoms with Crippen molar-refractivity contribution in [2.24, 2.45) is 0 Å². The normalized spacial score (nSPS) is 9.43. The van der Waals surface area contributed by atoms with E-state index in [4.69, 9.17) is 0 Å². The topological polar surface area (TPSA) is 64.4 Å². The summed E-state index contributed by atoms with van der Waals surface area (Å²) in [6, 6.07) is 0. The van der Waals surface area contributed by atoms with Crippen LogP contribution in [0.4, 0.5) is 0 Å². The predicted octanol–water partition coefficient (Wildman–Crippen LogP) is -0.100. The molecule has 0 rings (SSSR count). The third-order valence-electron chi connectivity index (χ3n) is 1.18. The van der Waals surface area contributed by atoms with Gasteiger partial charge in [-0.25, -0.2) is 0 Å². The molecule has 0 saturated carbocycles. The van der Waals surface area contributed by atoms with E-state index in [1.165, 1.54) is 24.3 Å². The van der Waals surface area contributed by atoms with Crippen molar-refractivity contribution in [3.63, 3.8) is 0 Å². The fraction of sp³-hybridized carbons (Fsp3) is 1.00. The van der Waals surface area contributed by atoms with E-state index in [-0.39, 0.29) is 11.0 Å². The van der Waals surface area contributed by atoms with Crippen molar-refractivity contribution in [3.05, 3.63) is 0 Å². The summed E-state index contributed by atoms with van der Waals surface area (Å²) in [5, 5.41) is 0. The van der Waals surface area contributed by atoms with Crippen LogP contribution in [0.25, 0.3) is 0 Å². The van der Waals surface area contributed by atoms with Gasteiger partial charge in [0.2, 0.25) is 0 Å². The second-order valence-corrected chi connectivity index (χ2v) is 4.87. The van der Waals surface area contributed by atoms with E-state index in [2.05, 4.69) is 49.2 Å². The first-order chi connectivity index (χ1) is 5.29. The van der Waals surface area contributed by atoms with E-state index in [9.17, 15) is 0 Å². The Morgan fingerprint density at radius 2 is 1.21 bits per heavy atom. The zero-order chi connectivity index (χ0) is 10.2. The van der Waals surface area contributed by atoms with Gasteiger partial charge in [0.1, 0.15) is 0 Å². The summed E-state index contributed by atoms with van der Waals surface area (Å²) < 4.78 is 1.10. The van der Waals surface area contributed by atoms with Gasteiger partial charge in [0, 0.05) is 0 Å². The van der Waals surface area contributed by atoms with Crippen LogP contribution in [0, 0.1) is 0 Å². The Labute approximate surface area is 89.7 Å². The lowest BCUT2D eigenvalue weighted by Gasteiger charge is -2.23. The molecule has 92 valence electrons. The maximum absolute atomic E-state index is 2.23. The lowest BCUT2D eigenvalue weighted by Crippen LogP contribution is -3.02. The summed E-state index contributed by atoms with van der Waals surface area (Å²) in [6.45, 7) is 3.53. The first kappa shape index (κ1) is 23.6. The summed E-state index contributed by atoms with van der Waals surface area (Å²) in [7, 11) is 12.9. The van der Waals surface area contributed by atoms with Crippen LogP contribution in [0.5, 0.6) is 0 Å². The smallest absolute Gasteiger partial charge is 0.0780 e. The number of hydrogen-bond donors (Lipinski definition) is 1. The Kier molecular flexibility index (Phi) is 21.6. The molecule has 3 N–H and O–H groups in total. The second-order valence-electron chi connectivity index (χ2n) is 4.87. The number of unbranched alkanes of at least 4 members (excludes halogenated alkanes) is 1. The molecule has 0 aromatic rings. The predicted molar refractivity (Wildman–Crippen MR) is 60.4 cm³/mol. The molecular formula is C10H30N2O2. The molecule has 0 aromatic heterocycles. The van der Waals surface area contributed by atoms with Crippen LogP contribution >= 0.6 is 0 Å². The highest BCUT2D eigenvalue weighted by Gasteiger charge is 2.02. The maximum atomic E-state index is 2.23. The van der Waals surface area contributed by atoms with Crippen molar-refractivity contribution in [2.75, 3.05) is 48.8 Å². The van der Waals surface area contributed by atoms with E-state index >= 15 is 0 Å². The van der Waals surface area contributed by atoms with Gasteiger partial charge in [-0.1, -0.05) is 13.3 Å². The highest BCUT2D eigenvalue weighted by molar-refractivity contribution is 4.29. The van der Waals surface area contributed by atoms with Gasteiger partial charge in [-0.3, -0.25) is 0 Å². The molecule has 0 atom stereocenters. The SMILES string of the molecule is CCCC[N+](C)(C)C.C[NH+](C)C.[OH-].[OH-]. The highest BCUT2D eigenvalue weighted by Crippen LogP contribution is 1.94. The zero-order valence-corrected chi connectivity index (χ0v) is 11.0. The molecule has 0 unspecified atom stereocenters. The van der Waals surface area contributed by atoms with Crippen LogP contribution < -0.4 is 4.90 Å². The van der Waals surface area contributed by atoms with Crippen LogP contribution in [0.15, 0.2) is 0 Å². The van der Waals surface area contributed by atoms with Crippen LogP contribution in [0.1, 0.15) is 19.8 Å². The fourth-order valence-electron chi connectivity index (χ4n) is 0.632. The molecule has 0 aliphatic carbocycles. The molecule has 4 nitrogen and oxygen atoms in total. The van der Waals surface area contributed by atoms with E-state index < -0.39 is 0 Å². The summed E-state index contributed by atoms with van der Waals surface area (Å²) in [5.74, 6) is 0. The summed E-state index contributed by atoms with van der Waals surface area (Å²) in [4.78, 5) is 1.42. The number of nitrogens with zero attached hydrogens (tertiary/aromatic N) is 1. The number of rotatable bonds is 3. The Morgan fingerprint density at radius 1 is 0.929 bits per heavy atom. The van der Waals surface area contributed by atoms with Gasteiger partial charge in [-0.05, 0) is 6.42 Å². The van der Waals surface area contributed by atoms with Crippen LogP contribution in [0.2, 0.25) is 0 Å². The van der Waals surface area contributed by atoms with E-state index in [0.717, 1.165) is 4.48 Å². The molecule has 0 aliphatic heterocycles. The fourth-order valence-corrected chi connectivity index (χ4v) is 0.632. The van der Waals surface area contributed by atoms with Crippen LogP contribution in [0.3, 0.4) is 0 Å². The molecule has 0 amide bonds. The van der Waals surface area contributed by atoms with E-state index in [1.54, 1.807) is 0 Å². The standard InChI is InChI=1S/C7H18N.C3H9N.2H2O/c1-5-6-7-8(2,3)4;1-4(2)3;;/h5-7H2,1-4H3;1-3H3;2*1H2/q+1;;;/p-1. The minimum Gasteiger partial charge on any atom is -0.870 e. The lowest BCUT2D eigenvalue weighted by atomic mass is 10.3. The quantitative estimate of drug-likeness (QED) is 0.661. The average molecular weight is 210 g/mol. The molecule has 0 bridgehead atoms. The van der Waals surface area contributed by atoms with Crippen molar-refractivity contribution in [3.8, 4) is 0 Å². The first-order valence-electron chi connectivity index (χ1n) is 4.86. The van der Waals surface area contributed by atoms with Crippen molar-refractivity contribution in [1.29, 1.82) is 0 Å². The molecule has 4 heteroatoms. The van der Waals surface area contributed by atoms with Gasteiger partial charge >= 0.3 is 0 Å². The Bertz CT molecular complexity index is 87.9. The number of hydrogen-bond acceptors (Lipinski definition) is 2. The minimum absolute atomic E-state index is 0. The van der Waals surface area contributed by atoms with E-state index in [1.807, 2.05) is 0 Å². The summed E-state index contributed by atoms with van der Waals surface area (Å²) in [6.07, 6.45) is 2.67. The Morgan fingerprint density at radius 3 is 1.29 bits per heavy atom. The molecule has 0 radical (unpaired) electrons. The third-order valence-corrected chi connectivity index (χ3v) is 1.18. The van der Waals surface area contributed by atoms with Crippen molar-refractivity contribution >= 4 is 0 Å². The zero-order valence-electron chi connectivity index (χ0n) is 11.0. The number of quaternary nitrogens is 2. The second kappa shape index (κ2) is 12.8. The molecule has 14 heavy (non-hydrogen) atoms. The average Bonchev–Trinajstić information content (AvgIpc) is 1.80. The van der Waals surface area contributed by atoms with E-state index in [0.29, 0.717) is 0 Å². The third kappa shape index (κ3) is 59.4. The Balaban J connectivity index is -0.0000000733. The molecule has 0 saturated heterocycles. The number of nitrogens with one attached hydrogen (secondary N) is 1. The van der Waals surface area contributed by atoms with Gasteiger partial charge in [0.25, 0.3) is 0 Å². The maximum Gasteiger partial charge on any atom is 0.0780 e. The van der Waals surface area contributed by atoms with Gasteiger partial charge in [0.15, 0.2) is 0 Å². The van der Waals surface area contributed by atoms with Gasteiger partial charge < -0.3 is 20.3 Å².